The van der Waals surface area contributed by atoms with Crippen LogP contribution in [0.15, 0.2) is 34.0 Å². The normalized spacial score (nSPS) is 21.3. The summed E-state index contributed by atoms with van der Waals surface area (Å²) in [5.74, 6) is -1.53. The average molecular weight is 491 g/mol. The van der Waals surface area contributed by atoms with Crippen molar-refractivity contribution in [3.05, 3.63) is 67.7 Å². The van der Waals surface area contributed by atoms with Crippen molar-refractivity contribution in [2.45, 2.75) is 50.5 Å². The minimum Gasteiger partial charge on any atom is -0.394 e. The van der Waals surface area contributed by atoms with Crippen molar-refractivity contribution in [1.82, 2.24) is 14.5 Å². The molecule has 1 aromatic heterocycles. The van der Waals surface area contributed by atoms with E-state index in [1.54, 1.807) is 6.07 Å². The fourth-order valence-corrected chi connectivity index (χ4v) is 3.67. The van der Waals surface area contributed by atoms with E-state index < -0.39 is 73.3 Å². The second kappa shape index (κ2) is 10.9. The molecule has 2 heterocycles. The molecular weight excluding hydrogens is 466 g/mol. The lowest BCUT2D eigenvalue weighted by Crippen LogP contribution is -2.48. The average Bonchev–Trinajstić information content (AvgIpc) is 3.22. The van der Waals surface area contributed by atoms with E-state index in [2.05, 4.69) is 5.32 Å². The molecular formula is C22H25FN4O8. The molecule has 0 unspecified atom stereocenters. The molecule has 2 aromatic rings. The highest BCUT2D eigenvalue weighted by Crippen LogP contribution is 2.27. The quantitative estimate of drug-likeness (QED) is 0.282. The maximum atomic E-state index is 13.4. The van der Waals surface area contributed by atoms with Crippen LogP contribution in [0.4, 0.5) is 4.39 Å². The largest absolute Gasteiger partial charge is 0.394 e. The van der Waals surface area contributed by atoms with Crippen LogP contribution >= 0.6 is 0 Å². The molecule has 0 bridgehead atoms. The molecule has 3 rings (SSSR count). The number of nitriles is 1. The van der Waals surface area contributed by atoms with Gasteiger partial charge in [0.15, 0.2) is 0 Å². The topological polar surface area (TPSA) is 187 Å². The summed E-state index contributed by atoms with van der Waals surface area (Å²) in [5, 5.41) is 51.0. The first-order valence-electron chi connectivity index (χ1n) is 10.7. The zero-order valence-corrected chi connectivity index (χ0v) is 18.7. The van der Waals surface area contributed by atoms with Gasteiger partial charge in [-0.2, -0.15) is 5.26 Å². The van der Waals surface area contributed by atoms with Crippen molar-refractivity contribution in [2.75, 3.05) is 13.2 Å². The second-order valence-electron chi connectivity index (χ2n) is 8.18. The van der Waals surface area contributed by atoms with Gasteiger partial charge in [0, 0.05) is 30.3 Å². The third-order valence-electron chi connectivity index (χ3n) is 5.70. The minimum atomic E-state index is -1.64. The minimum absolute atomic E-state index is 0.00309. The predicted molar refractivity (Wildman–Crippen MR) is 117 cm³/mol. The molecule has 1 amide bonds. The molecule has 0 spiro atoms. The van der Waals surface area contributed by atoms with Gasteiger partial charge in [-0.15, -0.1) is 0 Å². The molecule has 0 saturated carbocycles. The zero-order chi connectivity index (χ0) is 25.9. The third-order valence-corrected chi connectivity index (χ3v) is 5.70. The molecule has 1 saturated heterocycles. The number of carbonyl (C=O) groups is 1. The fraction of sp³-hybridized carbons (Fsp3) is 0.455. The van der Waals surface area contributed by atoms with Gasteiger partial charge in [-0.3, -0.25) is 18.7 Å². The predicted octanol–water partition coefficient (Wildman–Crippen LogP) is -1.88. The Hall–Kier alpha value is -3.41. The smallest absolute Gasteiger partial charge is 0.333 e. The van der Waals surface area contributed by atoms with E-state index >= 15 is 0 Å². The molecule has 0 aliphatic carbocycles. The summed E-state index contributed by atoms with van der Waals surface area (Å²) < 4.78 is 20.7. The van der Waals surface area contributed by atoms with Crippen LogP contribution in [0.1, 0.15) is 34.1 Å². The van der Waals surface area contributed by atoms with Crippen molar-refractivity contribution in [1.29, 1.82) is 5.26 Å². The number of nitrogens with zero attached hydrogens (tertiary/aromatic N) is 3. The molecule has 13 heteroatoms. The zero-order valence-electron chi connectivity index (χ0n) is 18.7. The van der Waals surface area contributed by atoms with Crippen LogP contribution in [0.25, 0.3) is 0 Å². The number of ether oxygens (including phenoxy) is 1. The molecule has 1 aliphatic heterocycles. The van der Waals surface area contributed by atoms with Gasteiger partial charge < -0.3 is 30.5 Å². The lowest BCUT2D eigenvalue weighted by Gasteiger charge is -2.21. The van der Waals surface area contributed by atoms with E-state index in [1.807, 2.05) is 0 Å². The van der Waals surface area contributed by atoms with Gasteiger partial charge in [-0.25, -0.2) is 9.18 Å². The van der Waals surface area contributed by atoms with Crippen molar-refractivity contribution in [3.8, 4) is 6.07 Å². The van der Waals surface area contributed by atoms with Gasteiger partial charge in [-0.05, 0) is 25.1 Å². The maximum Gasteiger partial charge on any atom is 0.333 e. The van der Waals surface area contributed by atoms with Gasteiger partial charge in [0.25, 0.3) is 11.5 Å². The monoisotopic (exact) mass is 491 g/mol. The van der Waals surface area contributed by atoms with Crippen LogP contribution in [0, 0.1) is 24.1 Å². The van der Waals surface area contributed by atoms with Crippen molar-refractivity contribution < 1.29 is 34.3 Å². The summed E-state index contributed by atoms with van der Waals surface area (Å²) in [6.07, 6.45) is -4.84. The summed E-state index contributed by atoms with van der Waals surface area (Å²) >= 11 is 0. The van der Waals surface area contributed by atoms with Gasteiger partial charge in [0.2, 0.25) is 0 Å². The molecule has 1 fully saturated rings. The Morgan fingerprint density at radius 3 is 2.69 bits per heavy atom. The number of aromatic nitrogens is 2. The number of hydrogen-bond acceptors (Lipinski definition) is 9. The molecule has 12 nitrogen and oxygen atoms in total. The highest BCUT2D eigenvalue weighted by atomic mass is 18.2. The first kappa shape index (κ1) is 26.2. The van der Waals surface area contributed by atoms with Gasteiger partial charge in [0.05, 0.1) is 37.0 Å². The molecule has 1 aliphatic rings. The number of benzene rings is 1. The number of aryl methyl sites for hydroxylation is 1. The lowest BCUT2D eigenvalue weighted by atomic mass is 10.1. The molecule has 188 valence electrons. The summed E-state index contributed by atoms with van der Waals surface area (Å²) in [7, 11) is 0. The first-order chi connectivity index (χ1) is 16.6. The highest BCUT2D eigenvalue weighted by Gasteiger charge is 2.35. The number of halogens is 1. The van der Waals surface area contributed by atoms with E-state index in [4.69, 9.17) is 10.00 Å². The van der Waals surface area contributed by atoms with Crippen LogP contribution in [-0.2, 0) is 11.3 Å². The lowest BCUT2D eigenvalue weighted by molar-refractivity contribution is -0.0468. The van der Waals surface area contributed by atoms with Crippen molar-refractivity contribution in [3.63, 3.8) is 0 Å². The van der Waals surface area contributed by atoms with E-state index in [0.717, 1.165) is 22.8 Å². The summed E-state index contributed by atoms with van der Waals surface area (Å²) in [6, 6.07) is 4.73. The van der Waals surface area contributed by atoms with E-state index in [-0.39, 0.29) is 23.1 Å². The Kier molecular flexibility index (Phi) is 8.15. The molecule has 0 radical (unpaired) electrons. The SMILES string of the molecule is Cc1cn([C@H]2C[C@H](O)[C@@H](CO)O2)c(=O)n(C[C@@H](O)[C@@H](O)CNC(=O)c2ccc([18F])c(C#N)c2)c1=O. The van der Waals surface area contributed by atoms with E-state index in [9.17, 15) is 39.2 Å². The van der Waals surface area contributed by atoms with Crippen LogP contribution in [0.5, 0.6) is 0 Å². The molecule has 35 heavy (non-hydrogen) atoms. The Balaban J connectivity index is 1.71. The number of carbonyl (C=O) groups excluding carboxylic acids is 1. The third kappa shape index (κ3) is 5.64. The van der Waals surface area contributed by atoms with Crippen LogP contribution in [0.2, 0.25) is 0 Å². The molecule has 5 atom stereocenters. The van der Waals surface area contributed by atoms with Crippen LogP contribution < -0.4 is 16.6 Å². The number of aliphatic hydroxyl groups excluding tert-OH is 4. The second-order valence-corrected chi connectivity index (χ2v) is 8.18. The number of amides is 1. The van der Waals surface area contributed by atoms with Gasteiger partial charge >= 0.3 is 5.69 Å². The molecule has 5 N–H and O–H groups in total. The van der Waals surface area contributed by atoms with Crippen LogP contribution in [0.3, 0.4) is 0 Å². The Labute approximate surface area is 198 Å². The number of aliphatic hydroxyl groups is 4. The first-order valence-corrected chi connectivity index (χ1v) is 10.7. The van der Waals surface area contributed by atoms with E-state index in [1.165, 1.54) is 13.1 Å². The molecule has 1 aromatic carbocycles. The van der Waals surface area contributed by atoms with Gasteiger partial charge in [0.1, 0.15) is 24.2 Å². The Morgan fingerprint density at radius 1 is 1.34 bits per heavy atom. The fourth-order valence-electron chi connectivity index (χ4n) is 3.67. The van der Waals surface area contributed by atoms with Crippen LogP contribution in [-0.4, -0.2) is 73.0 Å². The van der Waals surface area contributed by atoms with Gasteiger partial charge in [-0.1, -0.05) is 0 Å². The summed E-state index contributed by atoms with van der Waals surface area (Å²) in [5.41, 5.74) is -1.81. The number of nitrogens with one attached hydrogen (secondary N) is 1. The number of hydrogen-bond donors (Lipinski definition) is 5. The van der Waals surface area contributed by atoms with E-state index in [0.29, 0.717) is 4.57 Å². The Bertz CT molecular complexity index is 1250. The summed E-state index contributed by atoms with van der Waals surface area (Å²) in [4.78, 5) is 37.7. The standard InChI is InChI=1S/C22H25FN4O8/c1-11-8-26(19-5-15(29)18(10-28)35-19)22(34)27(21(11)33)9-17(31)16(30)7-25-20(32)12-2-3-14(23)13(4-12)6-24/h2-4,8,15-19,28-31H,5,7,9-10H2,1H3,(H,25,32)/t15-,16-,17+,18+,19+/m0/s1/i23-1. The Morgan fingerprint density at radius 2 is 2.06 bits per heavy atom. The summed E-state index contributed by atoms with van der Waals surface area (Å²) in [6.45, 7) is -0.101. The number of rotatable bonds is 8. The highest BCUT2D eigenvalue weighted by molar-refractivity contribution is 5.94. The maximum absolute atomic E-state index is 13.4. The van der Waals surface area contributed by atoms with Crippen molar-refractivity contribution >= 4 is 5.91 Å². The van der Waals surface area contributed by atoms with Crippen molar-refractivity contribution in [2.24, 2.45) is 0 Å².